The zero-order chi connectivity index (χ0) is 16.8. The number of aryl methyl sites for hydroxylation is 1. The van der Waals surface area contributed by atoms with Crippen molar-refractivity contribution < 1.29 is 23.7 Å². The van der Waals surface area contributed by atoms with Crippen LogP contribution in [0.25, 0.3) is 0 Å². The van der Waals surface area contributed by atoms with Crippen LogP contribution in [0.5, 0.6) is 23.0 Å². The van der Waals surface area contributed by atoms with Gasteiger partial charge in [0.1, 0.15) is 5.75 Å². The molecule has 0 aliphatic heterocycles. The summed E-state index contributed by atoms with van der Waals surface area (Å²) in [5.41, 5.74) is 1.12. The maximum absolute atomic E-state index is 12.3. The minimum absolute atomic E-state index is 0.238. The van der Waals surface area contributed by atoms with E-state index in [1.165, 1.54) is 14.2 Å². The van der Waals surface area contributed by atoms with Crippen LogP contribution in [0, 0.1) is 6.92 Å². The van der Waals surface area contributed by atoms with E-state index in [2.05, 4.69) is 0 Å². The molecule has 0 saturated carbocycles. The summed E-state index contributed by atoms with van der Waals surface area (Å²) < 4.78 is 21.4. The molecule has 2 aromatic rings. The van der Waals surface area contributed by atoms with Crippen molar-refractivity contribution in [3.05, 3.63) is 48.0 Å². The summed E-state index contributed by atoms with van der Waals surface area (Å²) in [5.74, 6) is 1.14. The molecule has 0 radical (unpaired) electrons. The predicted octanol–water partition coefficient (Wildman–Crippen LogP) is 3.39. The molecule has 0 aliphatic rings. The molecule has 122 valence electrons. The van der Waals surface area contributed by atoms with Crippen molar-refractivity contribution in [2.75, 3.05) is 14.2 Å². The van der Waals surface area contributed by atoms with E-state index in [0.717, 1.165) is 5.56 Å². The highest BCUT2D eigenvalue weighted by Crippen LogP contribution is 2.37. The van der Waals surface area contributed by atoms with Gasteiger partial charge in [-0.25, -0.2) is 4.79 Å². The number of benzene rings is 2. The fraction of sp³-hybridized carbons (Fsp3) is 0.278. The quantitative estimate of drug-likeness (QED) is 0.604. The van der Waals surface area contributed by atoms with Gasteiger partial charge in [0.25, 0.3) is 0 Å². The zero-order valence-corrected chi connectivity index (χ0v) is 13.7. The molecular formula is C18H20O5. The average Bonchev–Trinajstić information content (AvgIpc) is 2.56. The lowest BCUT2D eigenvalue weighted by molar-refractivity contribution is -0.141. The van der Waals surface area contributed by atoms with Gasteiger partial charge in [0.05, 0.1) is 14.2 Å². The second-order valence-electron chi connectivity index (χ2n) is 4.99. The molecule has 0 spiro atoms. The van der Waals surface area contributed by atoms with Gasteiger partial charge in [-0.05, 0) is 38.1 Å². The standard InChI is InChI=1S/C18H20O5/c1-12-8-10-14(11-9-12)22-13(2)18(19)23-17-15(20-3)6-5-7-16(17)21-4/h5-11,13H,1-4H3. The van der Waals surface area contributed by atoms with Crippen molar-refractivity contribution in [2.45, 2.75) is 20.0 Å². The van der Waals surface area contributed by atoms with E-state index < -0.39 is 12.1 Å². The van der Waals surface area contributed by atoms with Crippen LogP contribution >= 0.6 is 0 Å². The SMILES string of the molecule is COc1cccc(OC)c1OC(=O)C(C)Oc1ccc(C)cc1. The number of rotatable bonds is 6. The largest absolute Gasteiger partial charge is 0.493 e. The third kappa shape index (κ3) is 4.16. The Morgan fingerprint density at radius 2 is 1.52 bits per heavy atom. The van der Waals surface area contributed by atoms with Gasteiger partial charge in [-0.1, -0.05) is 23.8 Å². The molecule has 2 aromatic carbocycles. The predicted molar refractivity (Wildman–Crippen MR) is 86.5 cm³/mol. The van der Waals surface area contributed by atoms with Gasteiger partial charge in [0, 0.05) is 0 Å². The highest BCUT2D eigenvalue weighted by atomic mass is 16.6. The molecule has 5 heteroatoms. The van der Waals surface area contributed by atoms with Crippen LogP contribution in [0.3, 0.4) is 0 Å². The van der Waals surface area contributed by atoms with Crippen molar-refractivity contribution in [3.8, 4) is 23.0 Å². The number of para-hydroxylation sites is 1. The Balaban J connectivity index is 2.10. The molecule has 0 heterocycles. The van der Waals surface area contributed by atoms with E-state index in [1.807, 2.05) is 31.2 Å². The fourth-order valence-corrected chi connectivity index (χ4v) is 1.97. The molecule has 0 bridgehead atoms. The first kappa shape index (κ1) is 16.7. The Bertz CT molecular complexity index is 641. The van der Waals surface area contributed by atoms with Crippen LogP contribution in [0.1, 0.15) is 12.5 Å². The van der Waals surface area contributed by atoms with E-state index in [4.69, 9.17) is 18.9 Å². The fourth-order valence-electron chi connectivity index (χ4n) is 1.97. The van der Waals surface area contributed by atoms with Crippen LogP contribution in [-0.4, -0.2) is 26.3 Å². The van der Waals surface area contributed by atoms with Gasteiger partial charge in [-0.15, -0.1) is 0 Å². The molecule has 0 N–H and O–H groups in total. The van der Waals surface area contributed by atoms with Crippen molar-refractivity contribution in [3.63, 3.8) is 0 Å². The Morgan fingerprint density at radius 1 is 0.957 bits per heavy atom. The molecule has 0 aliphatic carbocycles. The molecule has 5 nitrogen and oxygen atoms in total. The lowest BCUT2D eigenvalue weighted by atomic mass is 10.2. The first-order chi connectivity index (χ1) is 11.0. The Kier molecular flexibility index (Phi) is 5.46. The number of carbonyl (C=O) groups is 1. The average molecular weight is 316 g/mol. The number of hydrogen-bond acceptors (Lipinski definition) is 5. The van der Waals surface area contributed by atoms with Gasteiger partial charge < -0.3 is 18.9 Å². The maximum atomic E-state index is 12.3. The van der Waals surface area contributed by atoms with Crippen LogP contribution in [0.2, 0.25) is 0 Å². The summed E-state index contributed by atoms with van der Waals surface area (Å²) >= 11 is 0. The minimum atomic E-state index is -0.771. The van der Waals surface area contributed by atoms with E-state index in [9.17, 15) is 4.79 Å². The number of ether oxygens (including phenoxy) is 4. The third-order valence-electron chi connectivity index (χ3n) is 3.25. The molecule has 1 unspecified atom stereocenters. The number of hydrogen-bond donors (Lipinski definition) is 0. The monoisotopic (exact) mass is 316 g/mol. The van der Waals surface area contributed by atoms with Gasteiger partial charge >= 0.3 is 5.97 Å². The maximum Gasteiger partial charge on any atom is 0.352 e. The molecule has 0 aromatic heterocycles. The minimum Gasteiger partial charge on any atom is -0.493 e. The first-order valence-corrected chi connectivity index (χ1v) is 7.21. The molecular weight excluding hydrogens is 296 g/mol. The van der Waals surface area contributed by atoms with Crippen LogP contribution < -0.4 is 18.9 Å². The Morgan fingerprint density at radius 3 is 2.04 bits per heavy atom. The summed E-state index contributed by atoms with van der Waals surface area (Å²) in [6.07, 6.45) is -0.771. The molecule has 0 amide bonds. The highest BCUT2D eigenvalue weighted by molar-refractivity contribution is 5.78. The smallest absolute Gasteiger partial charge is 0.352 e. The second-order valence-corrected chi connectivity index (χ2v) is 4.99. The molecule has 23 heavy (non-hydrogen) atoms. The summed E-state index contributed by atoms with van der Waals surface area (Å²) in [5, 5.41) is 0. The Hall–Kier alpha value is -2.69. The van der Waals surface area contributed by atoms with Gasteiger partial charge in [0.2, 0.25) is 5.75 Å². The van der Waals surface area contributed by atoms with Crippen LogP contribution in [0.15, 0.2) is 42.5 Å². The normalized spacial score (nSPS) is 11.5. The summed E-state index contributed by atoms with van der Waals surface area (Å²) in [6, 6.07) is 12.6. The topological polar surface area (TPSA) is 54.0 Å². The van der Waals surface area contributed by atoms with Gasteiger partial charge in [-0.3, -0.25) is 0 Å². The van der Waals surface area contributed by atoms with Crippen LogP contribution in [-0.2, 0) is 4.79 Å². The highest BCUT2D eigenvalue weighted by Gasteiger charge is 2.21. The molecule has 1 atom stereocenters. The first-order valence-electron chi connectivity index (χ1n) is 7.21. The van der Waals surface area contributed by atoms with Crippen molar-refractivity contribution in [2.24, 2.45) is 0 Å². The molecule has 0 saturated heterocycles. The second kappa shape index (κ2) is 7.54. The number of carbonyl (C=O) groups excluding carboxylic acids is 1. The third-order valence-corrected chi connectivity index (χ3v) is 3.25. The number of methoxy groups -OCH3 is 2. The van der Waals surface area contributed by atoms with Gasteiger partial charge in [-0.2, -0.15) is 0 Å². The summed E-state index contributed by atoms with van der Waals surface area (Å²) in [7, 11) is 3.00. The molecule has 2 rings (SSSR count). The summed E-state index contributed by atoms with van der Waals surface area (Å²) in [6.45, 7) is 3.61. The van der Waals surface area contributed by atoms with E-state index in [0.29, 0.717) is 17.2 Å². The van der Waals surface area contributed by atoms with E-state index in [1.54, 1.807) is 25.1 Å². The van der Waals surface area contributed by atoms with Gasteiger partial charge in [0.15, 0.2) is 17.6 Å². The molecule has 0 fully saturated rings. The van der Waals surface area contributed by atoms with E-state index >= 15 is 0 Å². The van der Waals surface area contributed by atoms with E-state index in [-0.39, 0.29) is 5.75 Å². The van der Waals surface area contributed by atoms with Crippen LogP contribution in [0.4, 0.5) is 0 Å². The lowest BCUT2D eigenvalue weighted by Crippen LogP contribution is -2.28. The Labute approximate surface area is 135 Å². The van der Waals surface area contributed by atoms with Crippen molar-refractivity contribution in [1.29, 1.82) is 0 Å². The van der Waals surface area contributed by atoms with Crippen molar-refractivity contribution >= 4 is 5.97 Å². The zero-order valence-electron chi connectivity index (χ0n) is 13.7. The number of esters is 1. The lowest BCUT2D eigenvalue weighted by Gasteiger charge is -2.16. The summed E-state index contributed by atoms with van der Waals surface area (Å²) in [4.78, 5) is 12.3. The van der Waals surface area contributed by atoms with Crippen molar-refractivity contribution in [1.82, 2.24) is 0 Å².